The second-order valence-corrected chi connectivity index (χ2v) is 5.20. The predicted molar refractivity (Wildman–Crippen MR) is 70.2 cm³/mol. The molecule has 17 heavy (non-hydrogen) atoms. The SMILES string of the molecule is CCC(C)NC(=O)NCC(C)(O)c1ccsc1. The van der Waals surface area contributed by atoms with Gasteiger partial charge >= 0.3 is 6.03 Å². The van der Waals surface area contributed by atoms with Crippen LogP contribution in [0.15, 0.2) is 16.8 Å². The zero-order valence-corrected chi connectivity index (χ0v) is 11.3. The van der Waals surface area contributed by atoms with Crippen molar-refractivity contribution in [2.45, 2.75) is 38.8 Å². The quantitative estimate of drug-likeness (QED) is 0.755. The van der Waals surface area contributed by atoms with E-state index in [1.54, 1.807) is 6.92 Å². The highest BCUT2D eigenvalue weighted by atomic mass is 32.1. The van der Waals surface area contributed by atoms with Crippen LogP contribution in [0.5, 0.6) is 0 Å². The first-order chi connectivity index (χ1) is 7.95. The van der Waals surface area contributed by atoms with Gasteiger partial charge in [-0.2, -0.15) is 11.3 Å². The third-order valence-corrected chi connectivity index (χ3v) is 3.41. The molecule has 3 N–H and O–H groups in total. The molecular weight excluding hydrogens is 236 g/mol. The first-order valence-electron chi connectivity index (χ1n) is 5.75. The lowest BCUT2D eigenvalue weighted by atomic mass is 9.99. The largest absolute Gasteiger partial charge is 0.384 e. The number of amides is 2. The van der Waals surface area contributed by atoms with Crippen LogP contribution in [0, 0.1) is 0 Å². The van der Waals surface area contributed by atoms with Crippen molar-refractivity contribution in [2.24, 2.45) is 0 Å². The van der Waals surface area contributed by atoms with E-state index in [0.717, 1.165) is 12.0 Å². The van der Waals surface area contributed by atoms with E-state index in [1.807, 2.05) is 30.7 Å². The molecule has 0 aliphatic rings. The Bertz CT molecular complexity index is 349. The maximum Gasteiger partial charge on any atom is 0.315 e. The van der Waals surface area contributed by atoms with Gasteiger partial charge in [-0.25, -0.2) is 4.79 Å². The number of hydrogen-bond donors (Lipinski definition) is 3. The number of hydrogen-bond acceptors (Lipinski definition) is 3. The summed E-state index contributed by atoms with van der Waals surface area (Å²) in [7, 11) is 0. The number of urea groups is 1. The smallest absolute Gasteiger partial charge is 0.315 e. The zero-order chi connectivity index (χ0) is 12.9. The van der Waals surface area contributed by atoms with Gasteiger partial charge in [0, 0.05) is 6.04 Å². The van der Waals surface area contributed by atoms with Gasteiger partial charge in [0.05, 0.1) is 6.54 Å². The molecule has 2 amide bonds. The van der Waals surface area contributed by atoms with Crippen molar-refractivity contribution < 1.29 is 9.90 Å². The van der Waals surface area contributed by atoms with Crippen LogP contribution in [0.2, 0.25) is 0 Å². The van der Waals surface area contributed by atoms with Gasteiger partial charge in [0.15, 0.2) is 0 Å². The summed E-state index contributed by atoms with van der Waals surface area (Å²) < 4.78 is 0. The highest BCUT2D eigenvalue weighted by Gasteiger charge is 2.24. The normalized spacial score (nSPS) is 16.0. The third-order valence-electron chi connectivity index (χ3n) is 2.73. The average molecular weight is 256 g/mol. The molecule has 0 bridgehead atoms. The summed E-state index contributed by atoms with van der Waals surface area (Å²) in [5.74, 6) is 0. The molecule has 1 heterocycles. The average Bonchev–Trinajstić information content (AvgIpc) is 2.80. The highest BCUT2D eigenvalue weighted by Crippen LogP contribution is 2.21. The van der Waals surface area contributed by atoms with Gasteiger partial charge in [0.1, 0.15) is 5.60 Å². The molecule has 2 unspecified atom stereocenters. The third kappa shape index (κ3) is 4.36. The van der Waals surface area contributed by atoms with Crippen molar-refractivity contribution in [1.82, 2.24) is 10.6 Å². The predicted octanol–water partition coefficient (Wildman–Crippen LogP) is 2.05. The fraction of sp³-hybridized carbons (Fsp3) is 0.583. The minimum absolute atomic E-state index is 0.140. The zero-order valence-electron chi connectivity index (χ0n) is 10.5. The maximum absolute atomic E-state index is 11.5. The van der Waals surface area contributed by atoms with Gasteiger partial charge in [0.2, 0.25) is 0 Å². The molecule has 0 aliphatic carbocycles. The molecule has 2 atom stereocenters. The van der Waals surface area contributed by atoms with E-state index in [2.05, 4.69) is 10.6 Å². The summed E-state index contributed by atoms with van der Waals surface area (Å²) in [6, 6.07) is 1.76. The summed E-state index contributed by atoms with van der Waals surface area (Å²) in [6.07, 6.45) is 0.883. The summed E-state index contributed by atoms with van der Waals surface area (Å²) in [6.45, 7) is 5.84. The molecule has 0 aliphatic heterocycles. The number of thiophene rings is 1. The van der Waals surface area contributed by atoms with Crippen molar-refractivity contribution in [3.63, 3.8) is 0 Å². The van der Waals surface area contributed by atoms with E-state index >= 15 is 0 Å². The van der Waals surface area contributed by atoms with Crippen LogP contribution in [0.3, 0.4) is 0 Å². The molecule has 0 radical (unpaired) electrons. The Labute approximate surface area is 106 Å². The molecule has 0 saturated heterocycles. The van der Waals surface area contributed by atoms with Gasteiger partial charge in [-0.05, 0) is 42.7 Å². The van der Waals surface area contributed by atoms with Crippen LogP contribution in [0.25, 0.3) is 0 Å². The molecule has 1 rings (SSSR count). The van der Waals surface area contributed by atoms with Crippen molar-refractivity contribution in [3.8, 4) is 0 Å². The standard InChI is InChI=1S/C12H20N2O2S/c1-4-9(2)14-11(15)13-8-12(3,16)10-5-6-17-7-10/h5-7,9,16H,4,8H2,1-3H3,(H2,13,14,15). The Morgan fingerprint density at radius 2 is 2.35 bits per heavy atom. The molecule has 0 saturated carbocycles. The van der Waals surface area contributed by atoms with Crippen molar-refractivity contribution in [1.29, 1.82) is 0 Å². The number of rotatable bonds is 5. The van der Waals surface area contributed by atoms with E-state index in [9.17, 15) is 9.90 Å². The van der Waals surface area contributed by atoms with Crippen molar-refractivity contribution in [3.05, 3.63) is 22.4 Å². The maximum atomic E-state index is 11.5. The summed E-state index contributed by atoms with van der Waals surface area (Å²) >= 11 is 1.53. The Balaban J connectivity index is 2.42. The van der Waals surface area contributed by atoms with Crippen LogP contribution >= 0.6 is 11.3 Å². The lowest BCUT2D eigenvalue weighted by Crippen LogP contribution is -2.45. The molecule has 1 aromatic rings. The second-order valence-electron chi connectivity index (χ2n) is 4.42. The van der Waals surface area contributed by atoms with E-state index in [1.165, 1.54) is 11.3 Å². The van der Waals surface area contributed by atoms with Gasteiger partial charge in [-0.3, -0.25) is 0 Å². The van der Waals surface area contributed by atoms with Gasteiger partial charge in [-0.1, -0.05) is 6.92 Å². The van der Waals surface area contributed by atoms with Crippen LogP contribution in [-0.2, 0) is 5.60 Å². The molecular formula is C12H20N2O2S. The fourth-order valence-corrected chi connectivity index (χ4v) is 2.09. The fourth-order valence-electron chi connectivity index (χ4n) is 1.30. The van der Waals surface area contributed by atoms with Crippen LogP contribution in [0.1, 0.15) is 32.8 Å². The minimum Gasteiger partial charge on any atom is -0.384 e. The van der Waals surface area contributed by atoms with Crippen LogP contribution < -0.4 is 10.6 Å². The van der Waals surface area contributed by atoms with E-state index in [0.29, 0.717) is 0 Å². The first kappa shape index (κ1) is 14.0. The summed E-state index contributed by atoms with van der Waals surface area (Å²) in [4.78, 5) is 11.5. The molecule has 1 aromatic heterocycles. The summed E-state index contributed by atoms with van der Waals surface area (Å²) in [5, 5.41) is 19.4. The van der Waals surface area contributed by atoms with E-state index in [4.69, 9.17) is 0 Å². The first-order valence-corrected chi connectivity index (χ1v) is 6.69. The highest BCUT2D eigenvalue weighted by molar-refractivity contribution is 7.08. The molecule has 4 nitrogen and oxygen atoms in total. The van der Waals surface area contributed by atoms with Crippen LogP contribution in [-0.4, -0.2) is 23.7 Å². The van der Waals surface area contributed by atoms with Gasteiger partial charge in [0.25, 0.3) is 0 Å². The van der Waals surface area contributed by atoms with Crippen LogP contribution in [0.4, 0.5) is 4.79 Å². The molecule has 5 heteroatoms. The Kier molecular flexibility index (Phi) is 4.96. The Hall–Kier alpha value is -1.07. The number of carbonyl (C=O) groups is 1. The van der Waals surface area contributed by atoms with Crippen molar-refractivity contribution in [2.75, 3.05) is 6.54 Å². The molecule has 96 valence electrons. The monoisotopic (exact) mass is 256 g/mol. The molecule has 0 aromatic carbocycles. The minimum atomic E-state index is -1.02. The lowest BCUT2D eigenvalue weighted by molar-refractivity contribution is 0.0597. The van der Waals surface area contributed by atoms with E-state index < -0.39 is 5.60 Å². The lowest BCUT2D eigenvalue weighted by Gasteiger charge is -2.23. The molecule has 0 spiro atoms. The Morgan fingerprint density at radius 3 is 2.88 bits per heavy atom. The second kappa shape index (κ2) is 6.02. The Morgan fingerprint density at radius 1 is 1.65 bits per heavy atom. The van der Waals surface area contributed by atoms with Crippen molar-refractivity contribution >= 4 is 17.4 Å². The summed E-state index contributed by atoms with van der Waals surface area (Å²) in [5.41, 5.74) is -0.196. The van der Waals surface area contributed by atoms with Gasteiger partial charge in [-0.15, -0.1) is 0 Å². The number of nitrogens with one attached hydrogen (secondary N) is 2. The topological polar surface area (TPSA) is 61.4 Å². The van der Waals surface area contributed by atoms with E-state index in [-0.39, 0.29) is 18.6 Å². The number of carbonyl (C=O) groups excluding carboxylic acids is 1. The number of aliphatic hydroxyl groups is 1. The molecule has 0 fully saturated rings. The van der Waals surface area contributed by atoms with Gasteiger partial charge < -0.3 is 15.7 Å².